The third kappa shape index (κ3) is 3.21. The highest BCUT2D eigenvalue weighted by molar-refractivity contribution is 5.66. The van der Waals surface area contributed by atoms with E-state index in [2.05, 4.69) is 61.5 Å². The van der Waals surface area contributed by atoms with Crippen LogP contribution in [-0.4, -0.2) is 23.3 Å². The van der Waals surface area contributed by atoms with Crippen molar-refractivity contribution in [1.82, 2.24) is 0 Å². The number of hydrogen-bond acceptors (Lipinski definition) is 3. The van der Waals surface area contributed by atoms with Gasteiger partial charge in [-0.25, -0.2) is 0 Å². The van der Waals surface area contributed by atoms with E-state index in [0.717, 1.165) is 18.8 Å². The average Bonchev–Trinajstić information content (AvgIpc) is 2.75. The van der Waals surface area contributed by atoms with Crippen molar-refractivity contribution in [3.8, 4) is 0 Å². The lowest BCUT2D eigenvalue weighted by Gasteiger charge is -2.73. The summed E-state index contributed by atoms with van der Waals surface area (Å²) in [5.74, 6) is 3.00. The molecule has 3 nitrogen and oxygen atoms in total. The van der Waals surface area contributed by atoms with Crippen molar-refractivity contribution in [3.05, 3.63) is 11.6 Å². The minimum Gasteiger partial charge on any atom is -0.462 e. The highest BCUT2D eigenvalue weighted by Crippen LogP contribution is 2.76. The maximum Gasteiger partial charge on any atom is 0.302 e. The molecule has 3 unspecified atom stereocenters. The van der Waals surface area contributed by atoms with Gasteiger partial charge in [-0.2, -0.15) is 0 Å². The lowest BCUT2D eigenvalue weighted by molar-refractivity contribution is -0.257. The molecule has 5 aliphatic rings. The molecule has 0 aromatic rings. The van der Waals surface area contributed by atoms with Gasteiger partial charge >= 0.3 is 5.97 Å². The molecule has 0 aliphatic heterocycles. The number of fused-ring (bicyclic) bond motifs is 7. The van der Waals surface area contributed by atoms with Crippen LogP contribution in [0.3, 0.4) is 0 Å². The summed E-state index contributed by atoms with van der Waals surface area (Å²) < 4.78 is 5.90. The number of carbonyl (C=O) groups excluding carboxylic acids is 1. The Bertz CT molecular complexity index is 920. The zero-order chi connectivity index (χ0) is 25.8. The van der Waals surface area contributed by atoms with Crippen LogP contribution in [0.2, 0.25) is 0 Å². The fourth-order valence-electron chi connectivity index (χ4n) is 11.7. The topological polar surface area (TPSA) is 46.5 Å². The minimum atomic E-state index is -0.301. The molecule has 0 radical (unpaired) electrons. The number of carbonyl (C=O) groups is 1. The highest BCUT2D eigenvalue weighted by atomic mass is 16.5. The summed E-state index contributed by atoms with van der Waals surface area (Å²) >= 11 is 0. The molecule has 35 heavy (non-hydrogen) atoms. The molecule has 0 amide bonds. The summed E-state index contributed by atoms with van der Waals surface area (Å²) in [6.45, 7) is 21.4. The van der Waals surface area contributed by atoms with E-state index in [-0.39, 0.29) is 29.0 Å². The number of ether oxygens (including phenoxy) is 1. The quantitative estimate of drug-likeness (QED) is 0.308. The smallest absolute Gasteiger partial charge is 0.302 e. The van der Waals surface area contributed by atoms with Gasteiger partial charge in [0, 0.05) is 17.8 Å². The second-order valence-corrected chi connectivity index (χ2v) is 15.3. The lowest BCUT2D eigenvalue weighted by Crippen LogP contribution is -2.68. The van der Waals surface area contributed by atoms with Crippen LogP contribution in [0.1, 0.15) is 114 Å². The first-order valence-electron chi connectivity index (χ1n) is 14.7. The molecule has 0 aromatic carbocycles. The number of hydrogen-bond donors (Lipinski definition) is 1. The van der Waals surface area contributed by atoms with Crippen LogP contribution < -0.4 is 0 Å². The third-order valence-electron chi connectivity index (χ3n) is 13.9. The van der Waals surface area contributed by atoms with Gasteiger partial charge in [0.05, 0.1) is 6.10 Å². The fraction of sp³-hybridized carbons (Fsp3) is 0.906. The predicted octanol–water partition coefficient (Wildman–Crippen LogP) is 7.57. The molecule has 5 aliphatic carbocycles. The van der Waals surface area contributed by atoms with Gasteiger partial charge in [0.1, 0.15) is 6.10 Å². The minimum absolute atomic E-state index is 0.0114. The van der Waals surface area contributed by atoms with Crippen molar-refractivity contribution in [2.24, 2.45) is 56.7 Å². The molecule has 1 N–H and O–H groups in total. The fourth-order valence-corrected chi connectivity index (χ4v) is 11.7. The molecule has 4 saturated carbocycles. The zero-order valence-electron chi connectivity index (χ0n) is 24.0. The summed E-state index contributed by atoms with van der Waals surface area (Å²) in [6, 6.07) is 0. The number of esters is 1. The molecular weight excluding hydrogens is 432 g/mol. The van der Waals surface area contributed by atoms with Gasteiger partial charge in [-0.15, -0.1) is 0 Å². The van der Waals surface area contributed by atoms with E-state index in [4.69, 9.17) is 4.74 Å². The molecule has 3 heteroatoms. The molecule has 0 saturated heterocycles. The highest BCUT2D eigenvalue weighted by Gasteiger charge is 2.70. The molecule has 0 spiro atoms. The Hall–Kier alpha value is -0.830. The molecule has 0 heterocycles. The summed E-state index contributed by atoms with van der Waals surface area (Å²) in [7, 11) is 0. The van der Waals surface area contributed by atoms with Gasteiger partial charge in [-0.1, -0.05) is 60.1 Å². The molecule has 11 atom stereocenters. The predicted molar refractivity (Wildman–Crippen MR) is 142 cm³/mol. The Morgan fingerprint density at radius 1 is 0.886 bits per heavy atom. The Balaban J connectivity index is 1.51. The van der Waals surface area contributed by atoms with Crippen LogP contribution in [0.4, 0.5) is 0 Å². The van der Waals surface area contributed by atoms with E-state index < -0.39 is 0 Å². The van der Waals surface area contributed by atoms with Crippen molar-refractivity contribution >= 4 is 5.97 Å². The second-order valence-electron chi connectivity index (χ2n) is 15.3. The van der Waals surface area contributed by atoms with Crippen molar-refractivity contribution in [2.45, 2.75) is 126 Å². The Morgan fingerprint density at radius 3 is 2.23 bits per heavy atom. The van der Waals surface area contributed by atoms with Crippen LogP contribution in [0.15, 0.2) is 11.6 Å². The summed E-state index contributed by atoms with van der Waals surface area (Å²) in [5.41, 5.74) is 2.38. The van der Waals surface area contributed by atoms with Gasteiger partial charge in [-0.05, 0) is 104 Å². The van der Waals surface area contributed by atoms with Gasteiger partial charge in [-0.3, -0.25) is 4.79 Å². The maximum absolute atomic E-state index is 11.9. The van der Waals surface area contributed by atoms with Crippen LogP contribution in [0, 0.1) is 56.7 Å². The molecule has 0 aromatic heterocycles. The van der Waals surface area contributed by atoms with Crippen molar-refractivity contribution in [3.63, 3.8) is 0 Å². The molecule has 4 fully saturated rings. The van der Waals surface area contributed by atoms with E-state index in [1.807, 2.05) is 0 Å². The first kappa shape index (κ1) is 25.8. The molecular formula is C32H52O3. The summed E-state index contributed by atoms with van der Waals surface area (Å²) in [6.07, 6.45) is 11.6. The standard InChI is InChI=1S/C32H52O3/c1-19-18-25(34)30(7)16-17-31(8)22(27(30)20(19)2)10-11-24-29(6)14-13-26(35-21(3)33)28(4,5)23(29)12-15-32(24,31)9/h18,20,22-27,34H,10-17H2,1-9H3/t20?,22-,23?,24-,25+,26+,27?,29+,30+,31-,32-/m1/s1. The summed E-state index contributed by atoms with van der Waals surface area (Å²) in [5, 5.41) is 11.3. The number of aliphatic hydroxyl groups is 1. The second kappa shape index (κ2) is 7.84. The van der Waals surface area contributed by atoms with Crippen molar-refractivity contribution < 1.29 is 14.6 Å². The van der Waals surface area contributed by atoms with Crippen LogP contribution in [-0.2, 0) is 9.53 Å². The number of aliphatic hydroxyl groups excluding tert-OH is 1. The van der Waals surface area contributed by atoms with Crippen LogP contribution in [0.5, 0.6) is 0 Å². The SMILES string of the molecule is CC(=O)O[C@H]1CC[C@@]2(C)C(CC[C@]3(C)[C@@H]2CC[C@@H]2C4C(C)C(C)=C[C@H](O)[C@]4(C)CC[C@]23C)C1(C)C. The number of allylic oxidation sites excluding steroid dienone is 1. The van der Waals surface area contributed by atoms with Gasteiger partial charge in [0.2, 0.25) is 0 Å². The third-order valence-corrected chi connectivity index (χ3v) is 13.9. The van der Waals surface area contributed by atoms with Crippen molar-refractivity contribution in [2.75, 3.05) is 0 Å². The average molecular weight is 485 g/mol. The zero-order valence-corrected chi connectivity index (χ0v) is 24.0. The largest absolute Gasteiger partial charge is 0.462 e. The van der Waals surface area contributed by atoms with E-state index in [1.54, 1.807) is 6.92 Å². The molecule has 198 valence electrons. The van der Waals surface area contributed by atoms with E-state index in [0.29, 0.717) is 39.9 Å². The monoisotopic (exact) mass is 484 g/mol. The van der Waals surface area contributed by atoms with Crippen LogP contribution >= 0.6 is 0 Å². The van der Waals surface area contributed by atoms with Gasteiger partial charge in [0.15, 0.2) is 0 Å². The first-order chi connectivity index (χ1) is 16.1. The van der Waals surface area contributed by atoms with Crippen LogP contribution in [0.25, 0.3) is 0 Å². The van der Waals surface area contributed by atoms with E-state index >= 15 is 0 Å². The van der Waals surface area contributed by atoms with E-state index in [1.165, 1.54) is 44.1 Å². The van der Waals surface area contributed by atoms with Gasteiger partial charge in [0.25, 0.3) is 0 Å². The Kier molecular flexibility index (Phi) is 5.78. The normalized spacial score (nSPS) is 54.9. The number of rotatable bonds is 1. The Morgan fingerprint density at radius 2 is 1.57 bits per heavy atom. The van der Waals surface area contributed by atoms with Gasteiger partial charge < -0.3 is 9.84 Å². The lowest BCUT2D eigenvalue weighted by atomic mass is 9.31. The molecule has 5 rings (SSSR count). The van der Waals surface area contributed by atoms with Crippen molar-refractivity contribution in [1.29, 1.82) is 0 Å². The maximum atomic E-state index is 11.9. The summed E-state index contributed by atoms with van der Waals surface area (Å²) in [4.78, 5) is 11.9. The molecule has 0 bridgehead atoms. The first-order valence-corrected chi connectivity index (χ1v) is 14.7. The Labute approximate surface area is 214 Å². The van der Waals surface area contributed by atoms with E-state index in [9.17, 15) is 9.90 Å².